The molecule has 0 saturated heterocycles. The first-order valence-corrected chi connectivity index (χ1v) is 6.79. The van der Waals surface area contributed by atoms with Crippen LogP contribution in [0.1, 0.15) is 17.5 Å². The summed E-state index contributed by atoms with van der Waals surface area (Å²) in [7, 11) is 0. The molecule has 0 saturated carbocycles. The van der Waals surface area contributed by atoms with Crippen LogP contribution in [0.2, 0.25) is 0 Å². The summed E-state index contributed by atoms with van der Waals surface area (Å²) in [6, 6.07) is 4.06. The molecule has 0 aliphatic rings. The molecule has 0 atom stereocenters. The zero-order valence-electron chi connectivity index (χ0n) is 10.3. The molecule has 0 aliphatic heterocycles. The molecule has 0 unspecified atom stereocenters. The molecule has 110 valence electrons. The second-order valence-corrected chi connectivity index (χ2v) is 4.67. The Morgan fingerprint density at radius 1 is 1.40 bits per heavy atom. The summed E-state index contributed by atoms with van der Waals surface area (Å²) in [6.45, 7) is 0. The molecule has 0 bridgehead atoms. The molecule has 7 heteroatoms. The van der Waals surface area contributed by atoms with Crippen molar-refractivity contribution in [3.05, 3.63) is 35.4 Å². The highest BCUT2D eigenvalue weighted by Crippen LogP contribution is 2.28. The maximum absolute atomic E-state index is 12.3. The van der Waals surface area contributed by atoms with Crippen LogP contribution in [-0.4, -0.2) is 22.8 Å². The smallest absolute Gasteiger partial charge is 0.478 e. The van der Waals surface area contributed by atoms with Gasteiger partial charge in [-0.15, -0.1) is 13.2 Å². The minimum absolute atomic E-state index is 0.258. The number of aliphatic carboxylic acids is 1. The van der Waals surface area contributed by atoms with Crippen LogP contribution in [0.4, 0.5) is 13.2 Å². The lowest BCUT2D eigenvalue weighted by Gasteiger charge is -2.13. The van der Waals surface area contributed by atoms with E-state index in [1.807, 2.05) is 0 Å². The zero-order valence-corrected chi connectivity index (χ0v) is 11.9. The third kappa shape index (κ3) is 6.10. The minimum Gasteiger partial charge on any atom is -0.478 e. The summed E-state index contributed by atoms with van der Waals surface area (Å²) in [4.78, 5) is 10.4. The SMILES string of the molecule is O=C(O)/C=C/c1ccc(OC(F)(F)F)c(CCCBr)c1. The third-order valence-corrected chi connectivity index (χ3v) is 2.87. The van der Waals surface area contributed by atoms with Gasteiger partial charge < -0.3 is 9.84 Å². The van der Waals surface area contributed by atoms with Crippen molar-refractivity contribution in [2.75, 3.05) is 5.33 Å². The highest BCUT2D eigenvalue weighted by atomic mass is 79.9. The minimum atomic E-state index is -4.75. The fourth-order valence-electron chi connectivity index (χ4n) is 1.55. The first-order chi connectivity index (χ1) is 9.31. The summed E-state index contributed by atoms with van der Waals surface area (Å²) in [6.07, 6.45) is -1.47. The number of halogens is 4. The van der Waals surface area contributed by atoms with E-state index >= 15 is 0 Å². The fraction of sp³-hybridized carbons (Fsp3) is 0.308. The Morgan fingerprint density at radius 3 is 2.65 bits per heavy atom. The average molecular weight is 353 g/mol. The van der Waals surface area contributed by atoms with E-state index in [0.29, 0.717) is 29.3 Å². The van der Waals surface area contributed by atoms with Crippen LogP contribution in [0, 0.1) is 0 Å². The number of hydrogen-bond donors (Lipinski definition) is 1. The molecule has 3 nitrogen and oxygen atoms in total. The maximum atomic E-state index is 12.3. The Hall–Kier alpha value is -1.50. The van der Waals surface area contributed by atoms with Gasteiger partial charge in [0.05, 0.1) is 0 Å². The largest absolute Gasteiger partial charge is 0.573 e. The van der Waals surface area contributed by atoms with E-state index in [9.17, 15) is 18.0 Å². The van der Waals surface area contributed by atoms with E-state index in [1.165, 1.54) is 24.3 Å². The number of hydrogen-bond acceptors (Lipinski definition) is 2. The third-order valence-electron chi connectivity index (χ3n) is 2.31. The monoisotopic (exact) mass is 352 g/mol. The number of carboxylic acid groups (broad SMARTS) is 1. The number of alkyl halides is 4. The van der Waals surface area contributed by atoms with Crippen LogP contribution in [-0.2, 0) is 11.2 Å². The van der Waals surface area contributed by atoms with E-state index in [0.717, 1.165) is 6.08 Å². The predicted molar refractivity (Wildman–Crippen MR) is 71.9 cm³/mol. The summed E-state index contributed by atoms with van der Waals surface area (Å²) >= 11 is 3.21. The predicted octanol–water partition coefficient (Wildman–Crippen LogP) is 4.01. The Morgan fingerprint density at radius 2 is 2.10 bits per heavy atom. The number of aryl methyl sites for hydroxylation is 1. The first kappa shape index (κ1) is 16.6. The molecule has 0 fully saturated rings. The van der Waals surface area contributed by atoms with Gasteiger partial charge in [0.15, 0.2) is 0 Å². The van der Waals surface area contributed by atoms with Crippen molar-refractivity contribution in [1.29, 1.82) is 0 Å². The second kappa shape index (κ2) is 7.33. The molecule has 1 N–H and O–H groups in total. The number of ether oxygens (including phenoxy) is 1. The van der Waals surface area contributed by atoms with Crippen molar-refractivity contribution in [2.24, 2.45) is 0 Å². The van der Waals surface area contributed by atoms with Gasteiger partial charge in [-0.1, -0.05) is 22.0 Å². The lowest BCUT2D eigenvalue weighted by atomic mass is 10.1. The van der Waals surface area contributed by atoms with Crippen LogP contribution in [0.5, 0.6) is 5.75 Å². The van der Waals surface area contributed by atoms with Crippen LogP contribution in [0.25, 0.3) is 6.08 Å². The Kier molecular flexibility index (Phi) is 6.06. The van der Waals surface area contributed by atoms with Gasteiger partial charge >= 0.3 is 12.3 Å². The molecular formula is C13H12BrF3O3. The Labute approximate surface area is 122 Å². The molecular weight excluding hydrogens is 341 g/mol. The normalized spacial score (nSPS) is 11.8. The molecule has 0 heterocycles. The van der Waals surface area contributed by atoms with Crippen molar-refractivity contribution in [2.45, 2.75) is 19.2 Å². The van der Waals surface area contributed by atoms with Gasteiger partial charge in [-0.3, -0.25) is 0 Å². The molecule has 1 aromatic rings. The van der Waals surface area contributed by atoms with Crippen LogP contribution < -0.4 is 4.74 Å². The van der Waals surface area contributed by atoms with E-state index in [4.69, 9.17) is 5.11 Å². The quantitative estimate of drug-likeness (QED) is 0.621. The number of carbonyl (C=O) groups is 1. The standard InChI is InChI=1S/C13H12BrF3O3/c14-7-1-2-10-8-9(4-6-12(18)19)3-5-11(10)20-13(15,16)17/h3-6,8H,1-2,7H2,(H,18,19)/b6-4+. The van der Waals surface area contributed by atoms with Crippen LogP contribution >= 0.6 is 15.9 Å². The molecule has 20 heavy (non-hydrogen) atoms. The van der Waals surface area contributed by atoms with E-state index in [2.05, 4.69) is 20.7 Å². The number of rotatable bonds is 6. The van der Waals surface area contributed by atoms with E-state index in [-0.39, 0.29) is 5.75 Å². The first-order valence-electron chi connectivity index (χ1n) is 5.67. The van der Waals surface area contributed by atoms with Gasteiger partial charge in [-0.25, -0.2) is 4.79 Å². The molecule has 0 aromatic heterocycles. The van der Waals surface area contributed by atoms with Gasteiger partial charge in [0.1, 0.15) is 5.75 Å². The van der Waals surface area contributed by atoms with E-state index in [1.54, 1.807) is 0 Å². The number of benzene rings is 1. The van der Waals surface area contributed by atoms with Gasteiger partial charge in [0.2, 0.25) is 0 Å². The Balaban J connectivity index is 3.02. The van der Waals surface area contributed by atoms with Gasteiger partial charge in [-0.05, 0) is 42.2 Å². The molecule has 0 amide bonds. The maximum Gasteiger partial charge on any atom is 0.573 e. The molecule has 0 aliphatic carbocycles. The highest BCUT2D eigenvalue weighted by Gasteiger charge is 2.31. The van der Waals surface area contributed by atoms with Crippen molar-refractivity contribution >= 4 is 28.0 Å². The summed E-state index contributed by atoms with van der Waals surface area (Å²) in [5.74, 6) is -1.38. The van der Waals surface area contributed by atoms with Crippen molar-refractivity contribution in [3.8, 4) is 5.75 Å². The fourth-order valence-corrected chi connectivity index (χ4v) is 1.83. The van der Waals surface area contributed by atoms with Gasteiger partial charge in [0.25, 0.3) is 0 Å². The van der Waals surface area contributed by atoms with Gasteiger partial charge in [0, 0.05) is 11.4 Å². The average Bonchev–Trinajstić information content (AvgIpc) is 2.34. The summed E-state index contributed by atoms with van der Waals surface area (Å²) in [5, 5.41) is 9.17. The number of carboxylic acids is 1. The lowest BCUT2D eigenvalue weighted by molar-refractivity contribution is -0.274. The molecule has 0 radical (unpaired) electrons. The summed E-state index contributed by atoms with van der Waals surface area (Å²) < 4.78 is 40.8. The second-order valence-electron chi connectivity index (χ2n) is 3.88. The van der Waals surface area contributed by atoms with Crippen LogP contribution in [0.15, 0.2) is 24.3 Å². The van der Waals surface area contributed by atoms with Crippen molar-refractivity contribution in [1.82, 2.24) is 0 Å². The highest BCUT2D eigenvalue weighted by molar-refractivity contribution is 9.09. The van der Waals surface area contributed by atoms with Gasteiger partial charge in [-0.2, -0.15) is 0 Å². The molecule has 1 aromatic carbocycles. The zero-order chi connectivity index (χ0) is 15.2. The van der Waals surface area contributed by atoms with Crippen molar-refractivity contribution in [3.63, 3.8) is 0 Å². The molecule has 1 rings (SSSR count). The van der Waals surface area contributed by atoms with Crippen LogP contribution in [0.3, 0.4) is 0 Å². The summed E-state index contributed by atoms with van der Waals surface area (Å²) in [5.41, 5.74) is 0.890. The van der Waals surface area contributed by atoms with E-state index < -0.39 is 12.3 Å². The molecule has 0 spiro atoms. The topological polar surface area (TPSA) is 46.5 Å². The van der Waals surface area contributed by atoms with Crippen molar-refractivity contribution < 1.29 is 27.8 Å². The Bertz CT molecular complexity index is 498. The lowest BCUT2D eigenvalue weighted by Crippen LogP contribution is -2.18.